The Kier molecular flexibility index (Phi) is 4.57. The molecule has 3 aromatic rings. The minimum atomic E-state index is -0.296. The number of nitrogens with two attached hydrogens (primary N) is 1. The fourth-order valence-electron chi connectivity index (χ4n) is 2.64. The standard InChI is InChI=1S/C18H18N4OS/c1-13-20-22(18(24)21(13)19)16(14-8-4-2-5-9-14)12-17(23)15-10-6-3-7-11-15/h2-11,16H,12,19H2,1H3. The lowest BCUT2D eigenvalue weighted by atomic mass is 9.98. The van der Waals surface area contributed by atoms with Crippen molar-refractivity contribution in [1.82, 2.24) is 14.5 Å². The van der Waals surface area contributed by atoms with E-state index >= 15 is 0 Å². The molecule has 0 bridgehead atoms. The van der Waals surface area contributed by atoms with Gasteiger partial charge in [0, 0.05) is 12.0 Å². The summed E-state index contributed by atoms with van der Waals surface area (Å²) in [5.74, 6) is 6.55. The predicted octanol–water partition coefficient (Wildman–Crippen LogP) is 3.30. The maximum Gasteiger partial charge on any atom is 0.217 e. The molecule has 5 nitrogen and oxygen atoms in total. The van der Waals surface area contributed by atoms with Crippen molar-refractivity contribution in [3.05, 3.63) is 82.4 Å². The maximum absolute atomic E-state index is 12.7. The highest BCUT2D eigenvalue weighted by molar-refractivity contribution is 7.71. The van der Waals surface area contributed by atoms with Gasteiger partial charge in [-0.05, 0) is 24.7 Å². The molecule has 122 valence electrons. The van der Waals surface area contributed by atoms with Crippen LogP contribution < -0.4 is 5.84 Å². The molecule has 2 aromatic carbocycles. The van der Waals surface area contributed by atoms with E-state index in [1.807, 2.05) is 60.7 Å². The Morgan fingerprint density at radius 3 is 2.25 bits per heavy atom. The summed E-state index contributed by atoms with van der Waals surface area (Å²) in [4.78, 5) is 12.7. The van der Waals surface area contributed by atoms with Gasteiger partial charge in [0.25, 0.3) is 0 Å². The van der Waals surface area contributed by atoms with Gasteiger partial charge in [-0.2, -0.15) is 5.10 Å². The van der Waals surface area contributed by atoms with E-state index in [1.54, 1.807) is 11.6 Å². The van der Waals surface area contributed by atoms with E-state index in [9.17, 15) is 4.79 Å². The fourth-order valence-corrected chi connectivity index (χ4v) is 2.94. The molecule has 6 heteroatoms. The van der Waals surface area contributed by atoms with Gasteiger partial charge in [0.05, 0.1) is 6.04 Å². The first-order valence-electron chi connectivity index (χ1n) is 7.64. The molecule has 0 aliphatic heterocycles. The zero-order valence-electron chi connectivity index (χ0n) is 13.3. The molecule has 0 aliphatic carbocycles. The lowest BCUT2D eigenvalue weighted by Gasteiger charge is -2.17. The number of aryl methyl sites for hydroxylation is 1. The second-order valence-corrected chi connectivity index (χ2v) is 5.93. The smallest absolute Gasteiger partial charge is 0.217 e. The number of carbonyl (C=O) groups is 1. The number of aromatic nitrogens is 3. The summed E-state index contributed by atoms with van der Waals surface area (Å²) in [5, 5.41) is 4.43. The van der Waals surface area contributed by atoms with Gasteiger partial charge < -0.3 is 5.84 Å². The lowest BCUT2D eigenvalue weighted by molar-refractivity contribution is 0.0967. The number of Topliss-reactive ketones (excluding diaryl/α,β-unsaturated/α-hetero) is 1. The van der Waals surface area contributed by atoms with Crippen LogP contribution in [0.15, 0.2) is 60.7 Å². The van der Waals surface area contributed by atoms with E-state index in [4.69, 9.17) is 18.1 Å². The number of hydrogen-bond donors (Lipinski definition) is 1. The molecular weight excluding hydrogens is 320 g/mol. The summed E-state index contributed by atoms with van der Waals surface area (Å²) < 4.78 is 3.40. The zero-order chi connectivity index (χ0) is 17.1. The number of rotatable bonds is 5. The molecular formula is C18H18N4OS. The van der Waals surface area contributed by atoms with E-state index in [0.29, 0.717) is 16.2 Å². The molecule has 1 heterocycles. The maximum atomic E-state index is 12.7. The van der Waals surface area contributed by atoms with Crippen molar-refractivity contribution in [3.8, 4) is 0 Å². The van der Waals surface area contributed by atoms with Gasteiger partial charge in [0.2, 0.25) is 4.77 Å². The molecule has 2 N–H and O–H groups in total. The number of carbonyl (C=O) groups excluding carboxylic acids is 1. The molecule has 0 fully saturated rings. The number of hydrogen-bond acceptors (Lipinski definition) is 4. The van der Waals surface area contributed by atoms with Gasteiger partial charge in [-0.1, -0.05) is 60.7 Å². The van der Waals surface area contributed by atoms with Crippen LogP contribution in [0.25, 0.3) is 0 Å². The van der Waals surface area contributed by atoms with Gasteiger partial charge in [0.1, 0.15) is 5.82 Å². The average molecular weight is 338 g/mol. The number of nitrogens with zero attached hydrogens (tertiary/aromatic N) is 3. The summed E-state index contributed by atoms with van der Waals surface area (Å²) in [7, 11) is 0. The zero-order valence-corrected chi connectivity index (χ0v) is 14.1. The van der Waals surface area contributed by atoms with Crippen LogP contribution in [-0.4, -0.2) is 20.2 Å². The minimum Gasteiger partial charge on any atom is -0.335 e. The Labute approximate surface area is 145 Å². The Hall–Kier alpha value is -2.73. The first kappa shape index (κ1) is 16.1. The Morgan fingerprint density at radius 2 is 1.71 bits per heavy atom. The predicted molar refractivity (Wildman–Crippen MR) is 95.9 cm³/mol. The molecule has 0 saturated heterocycles. The highest BCUT2D eigenvalue weighted by Gasteiger charge is 2.22. The molecule has 0 aliphatic rings. The van der Waals surface area contributed by atoms with Crippen LogP contribution in [0.2, 0.25) is 0 Å². The van der Waals surface area contributed by atoms with Crippen LogP contribution >= 0.6 is 12.2 Å². The van der Waals surface area contributed by atoms with Crippen LogP contribution in [0.3, 0.4) is 0 Å². The average Bonchev–Trinajstić information content (AvgIpc) is 2.88. The van der Waals surface area contributed by atoms with Gasteiger partial charge >= 0.3 is 0 Å². The van der Waals surface area contributed by atoms with Crippen LogP contribution in [-0.2, 0) is 0 Å². The third kappa shape index (κ3) is 3.14. The van der Waals surface area contributed by atoms with Crippen molar-refractivity contribution in [2.75, 3.05) is 5.84 Å². The number of nitrogen functional groups attached to an aromatic ring is 1. The first-order chi connectivity index (χ1) is 11.6. The van der Waals surface area contributed by atoms with Gasteiger partial charge in [0.15, 0.2) is 5.78 Å². The summed E-state index contributed by atoms with van der Waals surface area (Å²) in [6.45, 7) is 1.79. The molecule has 3 rings (SSSR count). The molecule has 0 saturated carbocycles. The Bertz CT molecular complexity index is 900. The third-order valence-electron chi connectivity index (χ3n) is 3.96. The van der Waals surface area contributed by atoms with E-state index in [1.165, 1.54) is 4.68 Å². The Morgan fingerprint density at radius 1 is 1.12 bits per heavy atom. The van der Waals surface area contributed by atoms with Crippen LogP contribution in [0.5, 0.6) is 0 Å². The summed E-state index contributed by atoms with van der Waals surface area (Å²) in [6.07, 6.45) is 0.263. The molecule has 1 aromatic heterocycles. The van der Waals surface area contributed by atoms with Gasteiger partial charge in [-0.3, -0.25) is 4.79 Å². The fraction of sp³-hybridized carbons (Fsp3) is 0.167. The van der Waals surface area contributed by atoms with Gasteiger partial charge in [-0.15, -0.1) is 0 Å². The third-order valence-corrected chi connectivity index (χ3v) is 4.34. The van der Waals surface area contributed by atoms with Crippen molar-refractivity contribution in [3.63, 3.8) is 0 Å². The van der Waals surface area contributed by atoms with Crippen molar-refractivity contribution < 1.29 is 4.79 Å². The minimum absolute atomic E-state index is 0.0376. The Balaban J connectivity index is 2.02. The molecule has 0 spiro atoms. The number of ketones is 1. The first-order valence-corrected chi connectivity index (χ1v) is 8.05. The molecule has 0 radical (unpaired) electrons. The van der Waals surface area contributed by atoms with Crippen LogP contribution in [0, 0.1) is 11.7 Å². The van der Waals surface area contributed by atoms with Gasteiger partial charge in [-0.25, -0.2) is 9.36 Å². The van der Waals surface area contributed by atoms with E-state index < -0.39 is 0 Å². The van der Waals surface area contributed by atoms with Crippen molar-refractivity contribution in [1.29, 1.82) is 0 Å². The van der Waals surface area contributed by atoms with Crippen molar-refractivity contribution in [2.45, 2.75) is 19.4 Å². The van der Waals surface area contributed by atoms with E-state index in [2.05, 4.69) is 5.10 Å². The van der Waals surface area contributed by atoms with Crippen molar-refractivity contribution in [2.24, 2.45) is 0 Å². The molecule has 0 amide bonds. The molecule has 1 unspecified atom stereocenters. The normalized spacial score (nSPS) is 12.0. The van der Waals surface area contributed by atoms with Crippen molar-refractivity contribution >= 4 is 18.0 Å². The second-order valence-electron chi connectivity index (χ2n) is 5.56. The lowest BCUT2D eigenvalue weighted by Crippen LogP contribution is -2.18. The van der Waals surface area contributed by atoms with E-state index in [0.717, 1.165) is 5.56 Å². The molecule has 24 heavy (non-hydrogen) atoms. The highest BCUT2D eigenvalue weighted by Crippen LogP contribution is 2.24. The van der Waals surface area contributed by atoms with Crippen LogP contribution in [0.1, 0.15) is 34.2 Å². The van der Waals surface area contributed by atoms with Crippen LogP contribution in [0.4, 0.5) is 0 Å². The SMILES string of the molecule is Cc1nn(C(CC(=O)c2ccccc2)c2ccccc2)c(=S)n1N. The summed E-state index contributed by atoms with van der Waals surface area (Å²) in [5.41, 5.74) is 1.64. The highest BCUT2D eigenvalue weighted by atomic mass is 32.1. The summed E-state index contributed by atoms with van der Waals surface area (Å²) >= 11 is 5.39. The monoisotopic (exact) mass is 338 g/mol. The quantitative estimate of drug-likeness (QED) is 0.440. The topological polar surface area (TPSA) is 65.8 Å². The number of benzene rings is 2. The largest absolute Gasteiger partial charge is 0.335 e. The molecule has 1 atom stereocenters. The second kappa shape index (κ2) is 6.80. The summed E-state index contributed by atoms with van der Waals surface area (Å²) in [6, 6.07) is 18.7. The van der Waals surface area contributed by atoms with E-state index in [-0.39, 0.29) is 18.2 Å².